The lowest BCUT2D eigenvalue weighted by Gasteiger charge is -2.30. The summed E-state index contributed by atoms with van der Waals surface area (Å²) in [7, 11) is 0. The van der Waals surface area contributed by atoms with E-state index in [0.29, 0.717) is 11.6 Å². The van der Waals surface area contributed by atoms with Crippen LogP contribution in [0.2, 0.25) is 5.02 Å². The van der Waals surface area contributed by atoms with Crippen molar-refractivity contribution in [3.8, 4) is 0 Å². The number of carbonyl (C=O) groups excluding carboxylic acids is 2. The number of benzene rings is 1. The van der Waals surface area contributed by atoms with Crippen LogP contribution < -0.4 is 5.32 Å². The standard InChI is InChI=1S/C21H24ClN3O3/c1-2-28-21(27)20(16-5-7-17(22)8-6-16)25(18-9-10-18)14-19(26)24-13-15-4-3-11-23-12-15/h3-8,11-12,18,20H,2,9-10,13-14H2,1H3,(H,24,26)/t20-/m1/s1. The lowest BCUT2D eigenvalue weighted by Crippen LogP contribution is -2.43. The Hall–Kier alpha value is -2.44. The van der Waals surface area contributed by atoms with Crippen LogP contribution in [0.5, 0.6) is 0 Å². The van der Waals surface area contributed by atoms with Crippen molar-refractivity contribution in [2.45, 2.75) is 38.4 Å². The van der Waals surface area contributed by atoms with Gasteiger partial charge in [-0.2, -0.15) is 0 Å². The molecule has 1 saturated carbocycles. The molecule has 28 heavy (non-hydrogen) atoms. The summed E-state index contributed by atoms with van der Waals surface area (Å²) >= 11 is 6.00. The number of esters is 1. The summed E-state index contributed by atoms with van der Waals surface area (Å²) in [4.78, 5) is 31.3. The van der Waals surface area contributed by atoms with E-state index in [4.69, 9.17) is 16.3 Å². The second-order valence-corrected chi connectivity index (χ2v) is 7.18. The first-order valence-electron chi connectivity index (χ1n) is 9.42. The maximum absolute atomic E-state index is 12.7. The summed E-state index contributed by atoms with van der Waals surface area (Å²) in [5.41, 5.74) is 1.70. The monoisotopic (exact) mass is 401 g/mol. The minimum atomic E-state index is -0.631. The number of carbonyl (C=O) groups is 2. The molecule has 1 N–H and O–H groups in total. The number of hydrogen-bond donors (Lipinski definition) is 1. The van der Waals surface area contributed by atoms with E-state index in [-0.39, 0.29) is 31.1 Å². The first-order chi connectivity index (χ1) is 13.6. The van der Waals surface area contributed by atoms with Crippen LogP contribution in [0.3, 0.4) is 0 Å². The molecule has 7 heteroatoms. The first kappa shape index (κ1) is 20.3. The van der Waals surface area contributed by atoms with E-state index in [2.05, 4.69) is 10.3 Å². The molecule has 3 rings (SSSR count). The van der Waals surface area contributed by atoms with Gasteiger partial charge in [-0.25, -0.2) is 4.79 Å². The van der Waals surface area contributed by atoms with Gasteiger partial charge in [0.2, 0.25) is 5.91 Å². The zero-order chi connectivity index (χ0) is 19.9. The fourth-order valence-electron chi connectivity index (χ4n) is 3.09. The molecule has 0 aliphatic heterocycles. The second-order valence-electron chi connectivity index (χ2n) is 6.75. The van der Waals surface area contributed by atoms with Crippen LogP contribution >= 0.6 is 11.6 Å². The molecule has 1 heterocycles. The van der Waals surface area contributed by atoms with Crippen molar-refractivity contribution in [2.24, 2.45) is 0 Å². The van der Waals surface area contributed by atoms with Crippen LogP contribution in [0.25, 0.3) is 0 Å². The number of nitrogens with zero attached hydrogens (tertiary/aromatic N) is 2. The fraction of sp³-hybridized carbons (Fsp3) is 0.381. The number of amides is 1. The summed E-state index contributed by atoms with van der Waals surface area (Å²) < 4.78 is 5.30. The Morgan fingerprint density at radius 3 is 2.64 bits per heavy atom. The molecule has 0 saturated heterocycles. The van der Waals surface area contributed by atoms with E-state index in [1.165, 1.54) is 0 Å². The molecule has 148 valence electrons. The number of ether oxygens (including phenoxy) is 1. The quantitative estimate of drug-likeness (QED) is 0.653. The highest BCUT2D eigenvalue weighted by molar-refractivity contribution is 6.30. The number of aromatic nitrogens is 1. The van der Waals surface area contributed by atoms with Gasteiger partial charge in [0.15, 0.2) is 0 Å². The summed E-state index contributed by atoms with van der Waals surface area (Å²) in [6.45, 7) is 2.58. The smallest absolute Gasteiger partial charge is 0.328 e. The van der Waals surface area contributed by atoms with Crippen LogP contribution in [-0.2, 0) is 20.9 Å². The predicted octanol–water partition coefficient (Wildman–Crippen LogP) is 3.12. The molecule has 1 amide bonds. The van der Waals surface area contributed by atoms with Crippen molar-refractivity contribution in [1.82, 2.24) is 15.2 Å². The maximum atomic E-state index is 12.7. The Morgan fingerprint density at radius 2 is 2.04 bits per heavy atom. The summed E-state index contributed by atoms with van der Waals surface area (Å²) in [5, 5.41) is 3.50. The molecule has 2 aromatic rings. The van der Waals surface area contributed by atoms with E-state index >= 15 is 0 Å². The van der Waals surface area contributed by atoms with Crippen LogP contribution in [-0.4, -0.2) is 41.0 Å². The lowest BCUT2D eigenvalue weighted by atomic mass is 10.0. The minimum absolute atomic E-state index is 0.122. The normalized spacial score (nSPS) is 14.5. The highest BCUT2D eigenvalue weighted by atomic mass is 35.5. The summed E-state index contributed by atoms with van der Waals surface area (Å²) in [6, 6.07) is 10.4. The van der Waals surface area contributed by atoms with Gasteiger partial charge < -0.3 is 10.1 Å². The molecule has 6 nitrogen and oxygen atoms in total. The molecule has 1 aliphatic rings. The minimum Gasteiger partial charge on any atom is -0.465 e. The van der Waals surface area contributed by atoms with E-state index in [1.807, 2.05) is 29.2 Å². The topological polar surface area (TPSA) is 71.5 Å². The van der Waals surface area contributed by atoms with Gasteiger partial charge in [0.1, 0.15) is 6.04 Å². The molecule has 0 unspecified atom stereocenters. The summed E-state index contributed by atoms with van der Waals surface area (Å²) in [6.07, 6.45) is 5.32. The van der Waals surface area contributed by atoms with Gasteiger partial charge >= 0.3 is 5.97 Å². The average molecular weight is 402 g/mol. The van der Waals surface area contributed by atoms with Crippen molar-refractivity contribution in [3.05, 3.63) is 64.9 Å². The highest BCUT2D eigenvalue weighted by Crippen LogP contribution is 2.35. The molecule has 0 spiro atoms. The van der Waals surface area contributed by atoms with Gasteiger partial charge in [-0.05, 0) is 49.1 Å². The van der Waals surface area contributed by atoms with E-state index in [1.54, 1.807) is 31.5 Å². The van der Waals surface area contributed by atoms with Crippen LogP contribution in [0.15, 0.2) is 48.8 Å². The van der Waals surface area contributed by atoms with Crippen LogP contribution in [0.1, 0.15) is 36.9 Å². The number of pyridine rings is 1. The second kappa shape index (κ2) is 9.66. The van der Waals surface area contributed by atoms with Crippen molar-refractivity contribution < 1.29 is 14.3 Å². The van der Waals surface area contributed by atoms with E-state index < -0.39 is 6.04 Å². The number of nitrogens with one attached hydrogen (secondary N) is 1. The predicted molar refractivity (Wildman–Crippen MR) is 107 cm³/mol. The number of hydrogen-bond acceptors (Lipinski definition) is 5. The number of rotatable bonds is 9. The average Bonchev–Trinajstić information content (AvgIpc) is 3.53. The Bertz CT molecular complexity index is 794. The molecule has 0 bridgehead atoms. The van der Waals surface area contributed by atoms with Crippen LogP contribution in [0.4, 0.5) is 0 Å². The zero-order valence-corrected chi connectivity index (χ0v) is 16.6. The summed E-state index contributed by atoms with van der Waals surface area (Å²) in [5.74, 6) is -0.490. The van der Waals surface area contributed by atoms with Gasteiger partial charge in [0.25, 0.3) is 0 Å². The van der Waals surface area contributed by atoms with E-state index in [0.717, 1.165) is 24.0 Å². The Morgan fingerprint density at radius 1 is 1.29 bits per heavy atom. The van der Waals surface area contributed by atoms with Gasteiger partial charge in [0.05, 0.1) is 13.2 Å². The van der Waals surface area contributed by atoms with Gasteiger partial charge in [-0.15, -0.1) is 0 Å². The molecule has 0 radical (unpaired) electrons. The molecule has 1 aromatic heterocycles. The third-order valence-electron chi connectivity index (χ3n) is 4.58. The number of halogens is 1. The van der Waals surface area contributed by atoms with Crippen LogP contribution in [0, 0.1) is 0 Å². The van der Waals surface area contributed by atoms with Gasteiger partial charge in [-0.3, -0.25) is 14.7 Å². The Balaban J connectivity index is 1.73. The highest BCUT2D eigenvalue weighted by Gasteiger charge is 2.40. The molecular weight excluding hydrogens is 378 g/mol. The fourth-order valence-corrected chi connectivity index (χ4v) is 3.22. The Kier molecular flexibility index (Phi) is 7.01. The molecule has 1 aliphatic carbocycles. The molecule has 1 aromatic carbocycles. The zero-order valence-electron chi connectivity index (χ0n) is 15.8. The van der Waals surface area contributed by atoms with Crippen molar-refractivity contribution in [1.29, 1.82) is 0 Å². The lowest BCUT2D eigenvalue weighted by molar-refractivity contribution is -0.150. The third-order valence-corrected chi connectivity index (χ3v) is 4.83. The molecular formula is C21H24ClN3O3. The largest absolute Gasteiger partial charge is 0.465 e. The maximum Gasteiger partial charge on any atom is 0.328 e. The molecule has 1 atom stereocenters. The van der Waals surface area contributed by atoms with Crippen molar-refractivity contribution in [2.75, 3.05) is 13.2 Å². The molecule has 1 fully saturated rings. The van der Waals surface area contributed by atoms with Gasteiger partial charge in [0, 0.05) is 30.0 Å². The Labute approximate surface area is 169 Å². The van der Waals surface area contributed by atoms with Crippen molar-refractivity contribution in [3.63, 3.8) is 0 Å². The first-order valence-corrected chi connectivity index (χ1v) is 9.79. The van der Waals surface area contributed by atoms with Gasteiger partial charge in [-0.1, -0.05) is 29.8 Å². The SMILES string of the molecule is CCOC(=O)[C@@H](c1ccc(Cl)cc1)N(CC(=O)NCc1cccnc1)C1CC1. The van der Waals surface area contributed by atoms with E-state index in [9.17, 15) is 9.59 Å². The van der Waals surface area contributed by atoms with Crippen molar-refractivity contribution >= 4 is 23.5 Å². The third kappa shape index (κ3) is 5.53.